The van der Waals surface area contributed by atoms with Crippen molar-refractivity contribution in [1.82, 2.24) is 20.2 Å². The third kappa shape index (κ3) is 3.99. The number of carbonyl (C=O) groups is 1. The van der Waals surface area contributed by atoms with Gasteiger partial charge >= 0.3 is 0 Å². The largest absolute Gasteiger partial charge is 0.293 e. The highest BCUT2D eigenvalue weighted by Gasteiger charge is 2.21. The number of thioether (sulfide) groups is 1. The molecule has 7 heteroatoms. The summed E-state index contributed by atoms with van der Waals surface area (Å²) in [6.07, 6.45) is 0. The van der Waals surface area contributed by atoms with Crippen molar-refractivity contribution in [3.63, 3.8) is 0 Å². The number of nitrogens with zero attached hydrogens (tertiary/aromatic N) is 4. The molecular weight excluding hydrogens is 400 g/mol. The maximum atomic E-state index is 12.6. The Hall–Kier alpha value is -1.99. The van der Waals surface area contributed by atoms with E-state index in [4.69, 9.17) is 0 Å². The Kier molecular flexibility index (Phi) is 5.34. The van der Waals surface area contributed by atoms with E-state index < -0.39 is 0 Å². The summed E-state index contributed by atoms with van der Waals surface area (Å²) in [7, 11) is 0. The molecule has 25 heavy (non-hydrogen) atoms. The predicted octanol–water partition coefficient (Wildman–Crippen LogP) is 4.41. The Bertz CT molecular complexity index is 908. The van der Waals surface area contributed by atoms with E-state index in [2.05, 4.69) is 37.5 Å². The van der Waals surface area contributed by atoms with Gasteiger partial charge in [-0.1, -0.05) is 57.5 Å². The topological polar surface area (TPSA) is 60.7 Å². The summed E-state index contributed by atoms with van der Waals surface area (Å²) in [4.78, 5) is 12.6. The second kappa shape index (κ2) is 7.49. The fourth-order valence-corrected chi connectivity index (χ4v) is 3.65. The Labute approximate surface area is 159 Å². The number of tetrazole rings is 1. The molecular formula is C18H17BrN4OS. The van der Waals surface area contributed by atoms with Crippen molar-refractivity contribution in [3.05, 3.63) is 63.6 Å². The van der Waals surface area contributed by atoms with Crippen molar-refractivity contribution in [1.29, 1.82) is 0 Å². The molecule has 0 aliphatic carbocycles. The van der Waals surface area contributed by atoms with E-state index in [1.165, 1.54) is 17.3 Å². The molecule has 0 aliphatic heterocycles. The number of carbonyl (C=O) groups excluding carboxylic acids is 1. The Morgan fingerprint density at radius 2 is 1.88 bits per heavy atom. The van der Waals surface area contributed by atoms with Gasteiger partial charge in [0.25, 0.3) is 0 Å². The summed E-state index contributed by atoms with van der Waals surface area (Å²) in [5.41, 5.74) is 3.86. The maximum Gasteiger partial charge on any atom is 0.214 e. The summed E-state index contributed by atoms with van der Waals surface area (Å²) in [6.45, 7) is 5.94. The number of rotatable bonds is 5. The molecule has 3 rings (SSSR count). The van der Waals surface area contributed by atoms with Crippen LogP contribution in [0.1, 0.15) is 28.4 Å². The van der Waals surface area contributed by atoms with Gasteiger partial charge in [0.05, 0.1) is 10.9 Å². The van der Waals surface area contributed by atoms with E-state index in [0.717, 1.165) is 15.7 Å². The smallest absolute Gasteiger partial charge is 0.214 e. The van der Waals surface area contributed by atoms with Crippen molar-refractivity contribution in [3.8, 4) is 5.69 Å². The van der Waals surface area contributed by atoms with Crippen molar-refractivity contribution >= 4 is 33.5 Å². The molecule has 0 aliphatic rings. The number of ketones is 1. The number of benzene rings is 2. The molecule has 0 fully saturated rings. The lowest BCUT2D eigenvalue weighted by Crippen LogP contribution is -2.14. The van der Waals surface area contributed by atoms with Gasteiger partial charge in [0.15, 0.2) is 5.78 Å². The quantitative estimate of drug-likeness (QED) is 0.455. The van der Waals surface area contributed by atoms with Crippen LogP contribution in [-0.2, 0) is 0 Å². The molecule has 0 spiro atoms. The van der Waals surface area contributed by atoms with Crippen LogP contribution < -0.4 is 0 Å². The Morgan fingerprint density at radius 3 is 2.56 bits per heavy atom. The van der Waals surface area contributed by atoms with Gasteiger partial charge in [-0.15, -0.1) is 5.10 Å². The van der Waals surface area contributed by atoms with Crippen LogP contribution in [-0.4, -0.2) is 31.2 Å². The monoisotopic (exact) mass is 416 g/mol. The van der Waals surface area contributed by atoms with Crippen LogP contribution >= 0.6 is 27.7 Å². The maximum absolute atomic E-state index is 12.6. The summed E-state index contributed by atoms with van der Waals surface area (Å²) in [5.74, 6) is 0.0488. The third-order valence-corrected chi connectivity index (χ3v) is 5.36. The highest BCUT2D eigenvalue weighted by molar-refractivity contribution is 9.10. The summed E-state index contributed by atoms with van der Waals surface area (Å²) >= 11 is 4.74. The van der Waals surface area contributed by atoms with Gasteiger partial charge in [0.2, 0.25) is 5.16 Å². The van der Waals surface area contributed by atoms with Gasteiger partial charge in [0.1, 0.15) is 0 Å². The minimum absolute atomic E-state index is 0.0488. The summed E-state index contributed by atoms with van der Waals surface area (Å²) < 4.78 is 2.63. The fourth-order valence-electron chi connectivity index (χ4n) is 2.51. The standard InChI is InChI=1S/C18H17BrN4OS/c1-11-4-9-16(12(2)10-11)23-18(20-21-22-23)25-13(3)17(24)14-5-7-15(19)8-6-14/h4-10,13H,1-3H3/t13-/m0/s1. The van der Waals surface area contributed by atoms with E-state index in [9.17, 15) is 4.79 Å². The number of halogens is 1. The molecule has 0 radical (unpaired) electrons. The fraction of sp³-hybridized carbons (Fsp3) is 0.222. The van der Waals surface area contributed by atoms with E-state index in [1.807, 2.05) is 57.2 Å². The van der Waals surface area contributed by atoms with Crippen molar-refractivity contribution < 1.29 is 4.79 Å². The minimum atomic E-state index is -0.295. The van der Waals surface area contributed by atoms with Gasteiger partial charge in [-0.05, 0) is 55.0 Å². The zero-order valence-electron chi connectivity index (χ0n) is 14.1. The molecule has 1 atom stereocenters. The Balaban J connectivity index is 1.83. The second-order valence-electron chi connectivity index (χ2n) is 5.79. The first kappa shape index (κ1) is 17.8. The van der Waals surface area contributed by atoms with E-state index >= 15 is 0 Å². The molecule has 3 aromatic rings. The summed E-state index contributed by atoms with van der Waals surface area (Å²) in [6, 6.07) is 13.5. The highest BCUT2D eigenvalue weighted by atomic mass is 79.9. The van der Waals surface area contributed by atoms with Crippen LogP contribution in [0.15, 0.2) is 52.1 Å². The summed E-state index contributed by atoms with van der Waals surface area (Å²) in [5, 5.41) is 12.3. The van der Waals surface area contributed by atoms with Crippen LogP contribution in [0.25, 0.3) is 5.69 Å². The van der Waals surface area contributed by atoms with Crippen molar-refractivity contribution in [2.24, 2.45) is 0 Å². The number of aryl methyl sites for hydroxylation is 2. The van der Waals surface area contributed by atoms with Crippen LogP contribution in [0.4, 0.5) is 0 Å². The zero-order valence-corrected chi connectivity index (χ0v) is 16.5. The average molecular weight is 417 g/mol. The highest BCUT2D eigenvalue weighted by Crippen LogP contribution is 2.27. The third-order valence-electron chi connectivity index (χ3n) is 3.80. The molecule has 0 amide bonds. The lowest BCUT2D eigenvalue weighted by atomic mass is 10.1. The molecule has 2 aromatic carbocycles. The van der Waals surface area contributed by atoms with Crippen molar-refractivity contribution in [2.45, 2.75) is 31.2 Å². The van der Waals surface area contributed by atoms with Gasteiger partial charge < -0.3 is 0 Å². The molecule has 1 aromatic heterocycles. The normalized spacial score (nSPS) is 12.2. The van der Waals surface area contributed by atoms with Gasteiger partial charge in [-0.2, -0.15) is 4.68 Å². The SMILES string of the molecule is Cc1ccc(-n2nnnc2S[C@@H](C)C(=O)c2ccc(Br)cc2)c(C)c1. The number of Topliss-reactive ketones (excluding diaryl/α,β-unsaturated/α-hetero) is 1. The first-order valence-corrected chi connectivity index (χ1v) is 9.45. The molecule has 128 valence electrons. The molecule has 0 bridgehead atoms. The lowest BCUT2D eigenvalue weighted by Gasteiger charge is -2.12. The number of aromatic nitrogens is 4. The van der Waals surface area contributed by atoms with Gasteiger partial charge in [-0.3, -0.25) is 4.79 Å². The molecule has 1 heterocycles. The first-order valence-electron chi connectivity index (χ1n) is 7.78. The van der Waals surface area contributed by atoms with Crippen LogP contribution in [0, 0.1) is 13.8 Å². The molecule has 5 nitrogen and oxygen atoms in total. The van der Waals surface area contributed by atoms with Crippen LogP contribution in [0.3, 0.4) is 0 Å². The predicted molar refractivity (Wildman–Crippen MR) is 102 cm³/mol. The lowest BCUT2D eigenvalue weighted by molar-refractivity contribution is 0.0994. The van der Waals surface area contributed by atoms with E-state index in [0.29, 0.717) is 10.7 Å². The molecule has 0 unspecified atom stereocenters. The van der Waals surface area contributed by atoms with Gasteiger partial charge in [-0.25, -0.2) is 0 Å². The number of hydrogen-bond acceptors (Lipinski definition) is 5. The van der Waals surface area contributed by atoms with Gasteiger partial charge in [0, 0.05) is 10.0 Å². The first-order chi connectivity index (χ1) is 12.0. The van der Waals surface area contributed by atoms with E-state index in [-0.39, 0.29) is 11.0 Å². The number of hydrogen-bond donors (Lipinski definition) is 0. The van der Waals surface area contributed by atoms with Crippen molar-refractivity contribution in [2.75, 3.05) is 0 Å². The van der Waals surface area contributed by atoms with E-state index in [1.54, 1.807) is 4.68 Å². The molecule has 0 N–H and O–H groups in total. The Morgan fingerprint density at radius 1 is 1.16 bits per heavy atom. The average Bonchev–Trinajstić information content (AvgIpc) is 3.02. The van der Waals surface area contributed by atoms with Crippen LogP contribution in [0.2, 0.25) is 0 Å². The minimum Gasteiger partial charge on any atom is -0.293 e. The second-order valence-corrected chi connectivity index (χ2v) is 8.02. The molecule has 0 saturated heterocycles. The zero-order chi connectivity index (χ0) is 18.0. The molecule has 0 saturated carbocycles. The van der Waals surface area contributed by atoms with Crippen LogP contribution in [0.5, 0.6) is 0 Å².